The van der Waals surface area contributed by atoms with Crippen LogP contribution < -0.4 is 11.5 Å². The molecule has 4 N–H and O–H groups in total. The fraction of sp³-hybridized carbons (Fsp3) is 0.0714. The third kappa shape index (κ3) is 3.75. The van der Waals surface area contributed by atoms with Crippen LogP contribution in [0.1, 0.15) is 10.6 Å². The number of nitro benzene ring substituents is 1. The number of rotatable bonds is 4. The van der Waals surface area contributed by atoms with Crippen molar-refractivity contribution in [2.75, 3.05) is 0 Å². The minimum atomic E-state index is -0.444. The molecule has 0 fully saturated rings. The molecule has 1 aromatic carbocycles. The van der Waals surface area contributed by atoms with Crippen molar-refractivity contribution in [2.45, 2.75) is 6.92 Å². The van der Waals surface area contributed by atoms with E-state index in [1.54, 1.807) is 12.1 Å². The summed E-state index contributed by atoms with van der Waals surface area (Å²) in [6, 6.07) is 6.17. The van der Waals surface area contributed by atoms with E-state index in [0.717, 1.165) is 15.4 Å². The van der Waals surface area contributed by atoms with Gasteiger partial charge in [-0.3, -0.25) is 14.5 Å². The first-order valence-electron chi connectivity index (χ1n) is 6.81. The van der Waals surface area contributed by atoms with Crippen LogP contribution in [0.15, 0.2) is 40.7 Å². The van der Waals surface area contributed by atoms with E-state index in [0.29, 0.717) is 11.4 Å². The number of halogens is 1. The third-order valence-corrected chi connectivity index (χ3v) is 4.08. The van der Waals surface area contributed by atoms with Crippen LogP contribution in [0.3, 0.4) is 0 Å². The number of nitrogens with two attached hydrogens (primary N) is 2. The zero-order valence-electron chi connectivity index (χ0n) is 13.0. The zero-order chi connectivity index (χ0) is 17.3. The molecule has 0 radical (unpaired) electrons. The topological polar surface area (TPSA) is 137 Å². The van der Waals surface area contributed by atoms with Crippen molar-refractivity contribution in [3.05, 3.63) is 51.1 Å². The van der Waals surface area contributed by atoms with E-state index in [4.69, 9.17) is 11.5 Å². The molecule has 3 aromatic rings. The first-order chi connectivity index (χ1) is 11.5. The molecule has 11 heteroatoms. The Kier molecular flexibility index (Phi) is 5.35. The van der Waals surface area contributed by atoms with Gasteiger partial charge in [0.1, 0.15) is 0 Å². The van der Waals surface area contributed by atoms with E-state index < -0.39 is 4.92 Å². The van der Waals surface area contributed by atoms with E-state index >= 15 is 0 Å². The summed E-state index contributed by atoms with van der Waals surface area (Å²) in [6.45, 7) is 1.97. The Hall–Kier alpha value is -2.98. The maximum Gasteiger partial charge on any atom is 0.269 e. The molecule has 0 aliphatic carbocycles. The van der Waals surface area contributed by atoms with Crippen molar-refractivity contribution in [3.63, 3.8) is 0 Å². The van der Waals surface area contributed by atoms with Crippen LogP contribution in [-0.4, -0.2) is 26.5 Å². The summed E-state index contributed by atoms with van der Waals surface area (Å²) in [6.07, 6.45) is 3.43. The molecular formula is C14H14ClN7O2S. The number of guanidine groups is 1. The number of aromatic nitrogens is 2. The van der Waals surface area contributed by atoms with Crippen LogP contribution in [0, 0.1) is 17.0 Å². The standard InChI is InChI=1S/C14H13N7O2S.ClH/c1-8-7-20-11(6-17-19-13(15)16)12(18-14(20)24-8)9-2-4-10(5-3-9)21(22)23;/h2-7H,1H3,(H4,15,16,19);1H/b17-6+;. The van der Waals surface area contributed by atoms with Gasteiger partial charge in [0.05, 0.1) is 22.5 Å². The van der Waals surface area contributed by atoms with Crippen LogP contribution >= 0.6 is 23.7 Å². The predicted molar refractivity (Wildman–Crippen MR) is 101 cm³/mol. The summed E-state index contributed by atoms with van der Waals surface area (Å²) in [4.78, 5) is 16.8. The molecule has 2 aromatic heterocycles. The fourth-order valence-corrected chi connectivity index (χ4v) is 3.03. The van der Waals surface area contributed by atoms with Crippen molar-refractivity contribution in [1.82, 2.24) is 9.38 Å². The summed E-state index contributed by atoms with van der Waals surface area (Å²) in [5, 5.41) is 18.2. The quantitative estimate of drug-likeness (QED) is 0.310. The molecule has 9 nitrogen and oxygen atoms in total. The minimum absolute atomic E-state index is 0. The average molecular weight is 380 g/mol. The van der Waals surface area contributed by atoms with E-state index in [1.807, 2.05) is 17.5 Å². The van der Waals surface area contributed by atoms with Gasteiger partial charge in [-0.25, -0.2) is 4.98 Å². The van der Waals surface area contributed by atoms with Crippen molar-refractivity contribution in [3.8, 4) is 11.3 Å². The van der Waals surface area contributed by atoms with Crippen molar-refractivity contribution in [1.29, 1.82) is 0 Å². The number of fused-ring (bicyclic) bond motifs is 1. The summed E-state index contributed by atoms with van der Waals surface area (Å²) in [7, 11) is 0. The molecule has 0 saturated carbocycles. The fourth-order valence-electron chi connectivity index (χ4n) is 2.20. The number of hydrogen-bond donors (Lipinski definition) is 2. The summed E-state index contributed by atoms with van der Waals surface area (Å²) >= 11 is 1.53. The number of nitrogens with zero attached hydrogens (tertiary/aromatic N) is 5. The van der Waals surface area contributed by atoms with Gasteiger partial charge in [-0.15, -0.1) is 28.8 Å². The SMILES string of the molecule is Cc1cn2c(/C=N/N=C(N)N)c(-c3ccc([N+](=O)[O-])cc3)nc2s1.Cl. The van der Waals surface area contributed by atoms with Crippen LogP contribution in [-0.2, 0) is 0 Å². The first-order valence-corrected chi connectivity index (χ1v) is 7.62. The van der Waals surface area contributed by atoms with Crippen molar-refractivity contribution < 1.29 is 4.92 Å². The van der Waals surface area contributed by atoms with Crippen molar-refractivity contribution in [2.24, 2.45) is 21.7 Å². The van der Waals surface area contributed by atoms with Crippen molar-refractivity contribution >= 4 is 46.6 Å². The second kappa shape index (κ2) is 7.28. The first kappa shape index (κ1) is 18.4. The van der Waals surface area contributed by atoms with Gasteiger partial charge in [-0.2, -0.15) is 5.10 Å². The summed E-state index contributed by atoms with van der Waals surface area (Å²) in [5.74, 6) is -0.148. The highest BCUT2D eigenvalue weighted by Crippen LogP contribution is 2.28. The van der Waals surface area contributed by atoms with E-state index in [9.17, 15) is 10.1 Å². The Morgan fingerprint density at radius 1 is 1.36 bits per heavy atom. The van der Waals surface area contributed by atoms with E-state index in [-0.39, 0.29) is 24.1 Å². The summed E-state index contributed by atoms with van der Waals surface area (Å²) in [5.41, 5.74) is 12.6. The van der Waals surface area contributed by atoms with Crippen LogP contribution in [0.25, 0.3) is 16.2 Å². The van der Waals surface area contributed by atoms with Crippen LogP contribution in [0.4, 0.5) is 5.69 Å². The second-order valence-electron chi connectivity index (χ2n) is 4.91. The molecule has 0 spiro atoms. The Morgan fingerprint density at radius 2 is 2.04 bits per heavy atom. The molecule has 2 heterocycles. The molecule has 25 heavy (non-hydrogen) atoms. The monoisotopic (exact) mass is 379 g/mol. The highest BCUT2D eigenvalue weighted by molar-refractivity contribution is 7.17. The molecule has 0 amide bonds. The zero-order valence-corrected chi connectivity index (χ0v) is 14.6. The number of nitro groups is 1. The lowest BCUT2D eigenvalue weighted by atomic mass is 10.1. The van der Waals surface area contributed by atoms with Gasteiger partial charge in [-0.05, 0) is 19.1 Å². The molecular weight excluding hydrogens is 366 g/mol. The third-order valence-electron chi connectivity index (χ3n) is 3.18. The number of benzene rings is 1. The van der Waals surface area contributed by atoms with Gasteiger partial charge < -0.3 is 11.5 Å². The maximum atomic E-state index is 10.8. The molecule has 0 saturated heterocycles. The molecule has 0 aliphatic heterocycles. The van der Waals surface area contributed by atoms with Gasteiger partial charge in [0.25, 0.3) is 5.69 Å². The van der Waals surface area contributed by atoms with Gasteiger partial charge >= 0.3 is 0 Å². The van der Waals surface area contributed by atoms with Crippen LogP contribution in [0.5, 0.6) is 0 Å². The number of thiazole rings is 1. The van der Waals surface area contributed by atoms with Gasteiger partial charge in [0, 0.05) is 28.8 Å². The number of aryl methyl sites for hydroxylation is 1. The molecule has 130 valence electrons. The predicted octanol–water partition coefficient (Wildman–Crippen LogP) is 2.31. The van der Waals surface area contributed by atoms with Gasteiger partial charge in [0.15, 0.2) is 4.96 Å². The lowest BCUT2D eigenvalue weighted by Crippen LogP contribution is -2.21. The van der Waals surface area contributed by atoms with Crippen LogP contribution in [0.2, 0.25) is 0 Å². The highest BCUT2D eigenvalue weighted by Gasteiger charge is 2.15. The Morgan fingerprint density at radius 3 is 2.64 bits per heavy atom. The lowest BCUT2D eigenvalue weighted by Gasteiger charge is -1.99. The number of non-ortho nitro benzene ring substituents is 1. The molecule has 0 unspecified atom stereocenters. The van der Waals surface area contributed by atoms with Gasteiger partial charge in [0.2, 0.25) is 5.96 Å². The Bertz CT molecular complexity index is 971. The van der Waals surface area contributed by atoms with E-state index in [1.165, 1.54) is 29.7 Å². The molecule has 0 aliphatic rings. The number of hydrogen-bond acceptors (Lipinski definition) is 6. The number of imidazole rings is 1. The average Bonchev–Trinajstić information content (AvgIpc) is 3.04. The van der Waals surface area contributed by atoms with Gasteiger partial charge in [-0.1, -0.05) is 0 Å². The minimum Gasteiger partial charge on any atom is -0.369 e. The largest absolute Gasteiger partial charge is 0.369 e. The highest BCUT2D eigenvalue weighted by atomic mass is 35.5. The molecule has 0 atom stereocenters. The summed E-state index contributed by atoms with van der Waals surface area (Å²) < 4.78 is 1.88. The normalized spacial score (nSPS) is 10.8. The Labute approximate surface area is 152 Å². The smallest absolute Gasteiger partial charge is 0.269 e. The Balaban J connectivity index is 0.00000225. The second-order valence-corrected chi connectivity index (χ2v) is 6.13. The lowest BCUT2D eigenvalue weighted by molar-refractivity contribution is -0.384. The molecule has 0 bridgehead atoms. The maximum absolute atomic E-state index is 10.8. The molecule has 3 rings (SSSR count). The van der Waals surface area contributed by atoms with E-state index in [2.05, 4.69) is 15.2 Å².